The number of aromatic amines is 1. The van der Waals surface area contributed by atoms with Gasteiger partial charge in [0.2, 0.25) is 12.7 Å². The van der Waals surface area contributed by atoms with Crippen molar-refractivity contribution < 1.29 is 14.3 Å². The fourth-order valence-corrected chi connectivity index (χ4v) is 1.66. The molecule has 92 valence electrons. The number of aromatic nitrogens is 2. The van der Waals surface area contributed by atoms with Gasteiger partial charge < -0.3 is 20.2 Å². The summed E-state index contributed by atoms with van der Waals surface area (Å²) < 4.78 is 10.4. The normalized spacial score (nSPS) is 12.4. The van der Waals surface area contributed by atoms with Crippen molar-refractivity contribution in [3.63, 3.8) is 0 Å². The largest absolute Gasteiger partial charge is 0.454 e. The first-order chi connectivity index (χ1) is 8.74. The number of nitrogens with two attached hydrogens (primary N) is 1. The zero-order chi connectivity index (χ0) is 12.5. The van der Waals surface area contributed by atoms with Gasteiger partial charge in [0.1, 0.15) is 0 Å². The lowest BCUT2D eigenvalue weighted by molar-refractivity contribution is 0.102. The molecule has 0 fully saturated rings. The van der Waals surface area contributed by atoms with Crippen LogP contribution in [0.25, 0.3) is 0 Å². The summed E-state index contributed by atoms with van der Waals surface area (Å²) in [6.07, 6.45) is 3.15. The second kappa shape index (κ2) is 3.95. The Balaban J connectivity index is 1.90. The van der Waals surface area contributed by atoms with Crippen LogP contribution in [0.4, 0.5) is 11.6 Å². The monoisotopic (exact) mass is 246 g/mol. The lowest BCUT2D eigenvalue weighted by atomic mass is 10.1. The number of carbonyl (C=O) groups is 1. The summed E-state index contributed by atoms with van der Waals surface area (Å²) in [6, 6.07) is 3.12. The third-order valence-corrected chi connectivity index (χ3v) is 2.52. The molecule has 2 heterocycles. The minimum atomic E-state index is -0.360. The van der Waals surface area contributed by atoms with Gasteiger partial charge in [-0.25, -0.2) is 4.98 Å². The minimum Gasteiger partial charge on any atom is -0.454 e. The van der Waals surface area contributed by atoms with E-state index in [-0.39, 0.29) is 12.7 Å². The van der Waals surface area contributed by atoms with Crippen LogP contribution in [0.5, 0.6) is 11.5 Å². The van der Waals surface area contributed by atoms with Crippen LogP contribution in [0.2, 0.25) is 0 Å². The Morgan fingerprint density at radius 2 is 2.17 bits per heavy atom. The van der Waals surface area contributed by atoms with Crippen LogP contribution in [0.1, 0.15) is 10.4 Å². The van der Waals surface area contributed by atoms with E-state index < -0.39 is 0 Å². The average Bonchev–Trinajstić information content (AvgIpc) is 2.98. The number of H-pyrrole nitrogens is 1. The van der Waals surface area contributed by atoms with Gasteiger partial charge in [-0.3, -0.25) is 10.1 Å². The number of hydrogen-bond acceptors (Lipinski definition) is 5. The number of fused-ring (bicyclic) bond motifs is 1. The van der Waals surface area contributed by atoms with Crippen LogP contribution in [-0.2, 0) is 0 Å². The highest BCUT2D eigenvalue weighted by Crippen LogP contribution is 2.36. The Kier molecular flexibility index (Phi) is 2.30. The second-order valence-electron chi connectivity index (χ2n) is 3.68. The van der Waals surface area contributed by atoms with Crippen molar-refractivity contribution in [1.82, 2.24) is 9.97 Å². The molecule has 0 atom stereocenters. The first-order valence-corrected chi connectivity index (χ1v) is 5.24. The molecule has 0 spiro atoms. The number of imidazole rings is 1. The number of hydrogen-bond donors (Lipinski definition) is 3. The molecule has 1 aliphatic heterocycles. The summed E-state index contributed by atoms with van der Waals surface area (Å²) in [7, 11) is 0. The van der Waals surface area contributed by atoms with E-state index in [1.807, 2.05) is 0 Å². The molecule has 2 aromatic rings. The van der Waals surface area contributed by atoms with E-state index in [9.17, 15) is 4.79 Å². The number of nitrogen functional groups attached to an aromatic ring is 1. The molecule has 7 heteroatoms. The Hall–Kier alpha value is -2.70. The van der Waals surface area contributed by atoms with Crippen LogP contribution in [-0.4, -0.2) is 22.7 Å². The van der Waals surface area contributed by atoms with Crippen molar-refractivity contribution in [3.8, 4) is 11.5 Å². The smallest absolute Gasteiger partial charge is 0.260 e. The number of rotatable bonds is 2. The van der Waals surface area contributed by atoms with Gasteiger partial charge in [0, 0.05) is 24.1 Å². The van der Waals surface area contributed by atoms with Crippen LogP contribution in [0.15, 0.2) is 24.5 Å². The lowest BCUT2D eigenvalue weighted by Crippen LogP contribution is -2.14. The Labute approximate surface area is 102 Å². The van der Waals surface area contributed by atoms with Gasteiger partial charge in [-0.15, -0.1) is 0 Å². The van der Waals surface area contributed by atoms with E-state index in [1.54, 1.807) is 24.5 Å². The van der Waals surface area contributed by atoms with Crippen molar-refractivity contribution in [2.24, 2.45) is 0 Å². The molecule has 18 heavy (non-hydrogen) atoms. The topological polar surface area (TPSA) is 102 Å². The molecule has 0 saturated heterocycles. The van der Waals surface area contributed by atoms with E-state index in [4.69, 9.17) is 15.2 Å². The summed E-state index contributed by atoms with van der Waals surface area (Å²) >= 11 is 0. The first kappa shape index (κ1) is 10.5. The number of nitrogens with one attached hydrogen (secondary N) is 2. The highest BCUT2D eigenvalue weighted by Gasteiger charge is 2.20. The summed E-state index contributed by atoms with van der Waals surface area (Å²) in [6.45, 7) is 0.137. The number of benzene rings is 1. The molecule has 0 bridgehead atoms. The predicted octanol–water partition coefficient (Wildman–Crippen LogP) is 0.973. The van der Waals surface area contributed by atoms with Gasteiger partial charge in [-0.05, 0) is 6.07 Å². The van der Waals surface area contributed by atoms with Crippen LogP contribution in [0.3, 0.4) is 0 Å². The molecule has 0 saturated carbocycles. The standard InChI is InChI=1S/C11H10N4O3/c12-7-4-9-8(17-5-18-9)3-6(7)10(16)15-11-13-1-2-14-11/h1-4H,5,12H2,(H2,13,14,15,16). The fraction of sp³-hybridized carbons (Fsp3) is 0.0909. The number of amides is 1. The third kappa shape index (κ3) is 1.71. The molecule has 0 radical (unpaired) electrons. The van der Waals surface area contributed by atoms with Crippen LogP contribution < -0.4 is 20.5 Å². The number of carbonyl (C=O) groups excluding carboxylic acids is 1. The molecule has 7 nitrogen and oxygen atoms in total. The molecular weight excluding hydrogens is 236 g/mol. The molecule has 1 aromatic heterocycles. The molecular formula is C11H10N4O3. The van der Waals surface area contributed by atoms with Crippen LogP contribution in [0, 0.1) is 0 Å². The summed E-state index contributed by atoms with van der Waals surface area (Å²) in [4.78, 5) is 18.7. The minimum absolute atomic E-state index is 0.137. The summed E-state index contributed by atoms with van der Waals surface area (Å²) in [5, 5.41) is 2.59. The maximum Gasteiger partial charge on any atom is 0.260 e. The number of ether oxygens (including phenoxy) is 2. The van der Waals surface area contributed by atoms with Crippen molar-refractivity contribution in [2.45, 2.75) is 0 Å². The molecule has 1 aromatic carbocycles. The van der Waals surface area contributed by atoms with E-state index in [2.05, 4.69) is 15.3 Å². The highest BCUT2D eigenvalue weighted by molar-refractivity contribution is 6.07. The third-order valence-electron chi connectivity index (χ3n) is 2.52. The second-order valence-corrected chi connectivity index (χ2v) is 3.68. The van der Waals surface area contributed by atoms with Gasteiger partial charge in [-0.1, -0.05) is 0 Å². The molecule has 3 rings (SSSR count). The van der Waals surface area contributed by atoms with Crippen LogP contribution >= 0.6 is 0 Å². The predicted molar refractivity (Wildman–Crippen MR) is 63.5 cm³/mol. The van der Waals surface area contributed by atoms with Gasteiger partial charge in [0.25, 0.3) is 5.91 Å². The van der Waals surface area contributed by atoms with E-state index in [0.717, 1.165) is 0 Å². The number of nitrogens with zero attached hydrogens (tertiary/aromatic N) is 1. The maximum atomic E-state index is 12.0. The van der Waals surface area contributed by atoms with Crippen molar-refractivity contribution >= 4 is 17.5 Å². The quantitative estimate of drug-likeness (QED) is 0.685. The molecule has 1 aliphatic rings. The molecule has 0 unspecified atom stereocenters. The average molecular weight is 246 g/mol. The summed E-state index contributed by atoms with van der Waals surface area (Å²) in [5.74, 6) is 1.05. The Bertz CT molecular complexity index is 595. The Morgan fingerprint density at radius 1 is 1.39 bits per heavy atom. The Morgan fingerprint density at radius 3 is 2.89 bits per heavy atom. The van der Waals surface area contributed by atoms with Crippen molar-refractivity contribution in [1.29, 1.82) is 0 Å². The van der Waals surface area contributed by atoms with Crippen molar-refractivity contribution in [3.05, 3.63) is 30.1 Å². The highest BCUT2D eigenvalue weighted by atomic mass is 16.7. The molecule has 0 aliphatic carbocycles. The maximum absolute atomic E-state index is 12.0. The van der Waals surface area contributed by atoms with Gasteiger partial charge in [-0.2, -0.15) is 0 Å². The zero-order valence-electron chi connectivity index (χ0n) is 9.27. The fourth-order valence-electron chi connectivity index (χ4n) is 1.66. The molecule has 1 amide bonds. The summed E-state index contributed by atoms with van der Waals surface area (Å²) in [5.41, 5.74) is 6.43. The number of anilines is 2. The first-order valence-electron chi connectivity index (χ1n) is 5.24. The zero-order valence-corrected chi connectivity index (χ0v) is 9.27. The van der Waals surface area contributed by atoms with E-state index in [0.29, 0.717) is 28.7 Å². The van der Waals surface area contributed by atoms with E-state index >= 15 is 0 Å². The van der Waals surface area contributed by atoms with Gasteiger partial charge >= 0.3 is 0 Å². The van der Waals surface area contributed by atoms with E-state index in [1.165, 1.54) is 0 Å². The van der Waals surface area contributed by atoms with Crippen molar-refractivity contribution in [2.75, 3.05) is 17.8 Å². The lowest BCUT2D eigenvalue weighted by Gasteiger charge is -2.06. The SMILES string of the molecule is Nc1cc2c(cc1C(=O)Nc1ncc[nH]1)OCO2. The molecule has 4 N–H and O–H groups in total. The van der Waals surface area contributed by atoms with Gasteiger partial charge in [0.05, 0.1) is 5.56 Å². The van der Waals surface area contributed by atoms with Gasteiger partial charge in [0.15, 0.2) is 11.5 Å².